The highest BCUT2D eigenvalue weighted by Gasteiger charge is 2.46. The van der Waals surface area contributed by atoms with Gasteiger partial charge in [-0.1, -0.05) is 30.3 Å². The van der Waals surface area contributed by atoms with Crippen molar-refractivity contribution in [3.05, 3.63) is 81.0 Å². The second-order valence-electron chi connectivity index (χ2n) is 10.4. The summed E-state index contributed by atoms with van der Waals surface area (Å²) in [7, 11) is 0. The number of amides is 3. The first-order chi connectivity index (χ1) is 20.7. The number of nitrogen functional groups attached to an aromatic ring is 1. The van der Waals surface area contributed by atoms with E-state index >= 15 is 0 Å². The van der Waals surface area contributed by atoms with E-state index in [2.05, 4.69) is 15.4 Å². The van der Waals surface area contributed by atoms with Crippen LogP contribution in [-0.4, -0.2) is 60.1 Å². The van der Waals surface area contributed by atoms with Crippen LogP contribution in [0.5, 0.6) is 0 Å². The van der Waals surface area contributed by atoms with Crippen molar-refractivity contribution >= 4 is 34.9 Å². The molecule has 1 aliphatic carbocycles. The fourth-order valence-corrected chi connectivity index (χ4v) is 6.29. The molecule has 5 rings (SSSR count). The van der Waals surface area contributed by atoms with Crippen molar-refractivity contribution in [3.63, 3.8) is 0 Å². The minimum absolute atomic E-state index is 0.00671. The molecule has 44 heavy (non-hydrogen) atoms. The minimum atomic E-state index is -5.00. The molecule has 1 aromatic heterocycles. The zero-order valence-corrected chi connectivity index (χ0v) is 23.8. The van der Waals surface area contributed by atoms with E-state index in [9.17, 15) is 36.3 Å². The molecule has 1 aliphatic heterocycles. The molecule has 5 N–H and O–H groups in total. The van der Waals surface area contributed by atoms with E-state index in [0.29, 0.717) is 10.4 Å². The SMILES string of the molecule is C[C@@H](NC(=O)[C@@H]1C[C@@H](OC(F)(F)F)CN1C(=O)CNC(=O)c1ccc2c(c1)-c1ccccc1C2(F)F)c1cc(C(=N)N)cs1. The van der Waals surface area contributed by atoms with Crippen LogP contribution in [0.3, 0.4) is 0 Å². The van der Waals surface area contributed by atoms with E-state index in [1.54, 1.807) is 24.4 Å². The average Bonchev–Trinajstić information content (AvgIpc) is 3.67. The highest BCUT2D eigenvalue weighted by Crippen LogP contribution is 2.50. The highest BCUT2D eigenvalue weighted by molar-refractivity contribution is 7.10. The molecule has 0 spiro atoms. The molecule has 15 heteroatoms. The lowest BCUT2D eigenvalue weighted by Gasteiger charge is -2.25. The summed E-state index contributed by atoms with van der Waals surface area (Å²) in [5.74, 6) is -5.76. The molecular weight excluding hydrogens is 609 g/mol. The Kier molecular flexibility index (Phi) is 8.20. The quantitative estimate of drug-likeness (QED) is 0.167. The molecule has 3 aromatic rings. The number of carbonyl (C=O) groups is 3. The van der Waals surface area contributed by atoms with Gasteiger partial charge in [0.15, 0.2) is 0 Å². The number of likely N-dealkylation sites (tertiary alicyclic amines) is 1. The smallest absolute Gasteiger partial charge is 0.384 e. The number of hydrogen-bond acceptors (Lipinski definition) is 6. The number of hydrogen-bond donors (Lipinski definition) is 4. The second-order valence-corrected chi connectivity index (χ2v) is 11.4. The van der Waals surface area contributed by atoms with Gasteiger partial charge in [-0.05, 0) is 36.2 Å². The van der Waals surface area contributed by atoms with E-state index < -0.39 is 67.7 Å². The Bertz CT molecular complexity index is 1640. The molecule has 0 bridgehead atoms. The Balaban J connectivity index is 1.28. The van der Waals surface area contributed by atoms with Crippen LogP contribution in [0.15, 0.2) is 53.9 Å². The topological polar surface area (TPSA) is 138 Å². The number of nitrogens with zero attached hydrogens (tertiary/aromatic N) is 1. The van der Waals surface area contributed by atoms with Gasteiger partial charge in [0.05, 0.1) is 18.7 Å². The number of rotatable bonds is 8. The van der Waals surface area contributed by atoms with Gasteiger partial charge in [-0.2, -0.15) is 8.78 Å². The Labute approximate surface area is 251 Å². The van der Waals surface area contributed by atoms with E-state index in [-0.39, 0.29) is 33.7 Å². The van der Waals surface area contributed by atoms with E-state index in [1.807, 2.05) is 0 Å². The summed E-state index contributed by atoms with van der Waals surface area (Å²) >= 11 is 1.22. The van der Waals surface area contributed by atoms with Crippen LogP contribution >= 0.6 is 11.3 Å². The number of carbonyl (C=O) groups excluding carboxylic acids is 3. The van der Waals surface area contributed by atoms with Gasteiger partial charge < -0.3 is 21.3 Å². The number of thiophene rings is 1. The van der Waals surface area contributed by atoms with Crippen molar-refractivity contribution in [2.75, 3.05) is 13.1 Å². The van der Waals surface area contributed by atoms with Crippen molar-refractivity contribution in [3.8, 4) is 11.1 Å². The van der Waals surface area contributed by atoms with Crippen molar-refractivity contribution in [1.82, 2.24) is 15.5 Å². The first-order valence-corrected chi connectivity index (χ1v) is 14.2. The first kappa shape index (κ1) is 31.1. The van der Waals surface area contributed by atoms with Gasteiger partial charge in [-0.15, -0.1) is 24.5 Å². The zero-order valence-electron chi connectivity index (χ0n) is 23.0. The molecule has 0 unspecified atom stereocenters. The number of halogens is 5. The van der Waals surface area contributed by atoms with Crippen molar-refractivity contribution in [1.29, 1.82) is 5.41 Å². The molecule has 2 heterocycles. The molecule has 3 atom stereocenters. The summed E-state index contributed by atoms with van der Waals surface area (Å²) in [6.45, 7) is 0.399. The molecule has 0 saturated carbocycles. The zero-order chi connectivity index (χ0) is 32.0. The molecule has 0 radical (unpaired) electrons. The fraction of sp³-hybridized carbons (Fsp3) is 0.310. The Morgan fingerprint density at radius 3 is 2.50 bits per heavy atom. The van der Waals surface area contributed by atoms with Crippen LogP contribution in [0.1, 0.15) is 51.3 Å². The van der Waals surface area contributed by atoms with E-state index in [0.717, 1.165) is 11.0 Å². The van der Waals surface area contributed by atoms with Gasteiger partial charge >= 0.3 is 6.36 Å². The van der Waals surface area contributed by atoms with E-state index in [1.165, 1.54) is 41.7 Å². The monoisotopic (exact) mass is 635 g/mol. The highest BCUT2D eigenvalue weighted by atomic mass is 32.1. The van der Waals surface area contributed by atoms with Crippen molar-refractivity contribution in [2.45, 2.75) is 43.8 Å². The van der Waals surface area contributed by atoms with Crippen LogP contribution in [-0.2, 0) is 20.2 Å². The number of nitrogens with one attached hydrogen (secondary N) is 3. The summed E-state index contributed by atoms with van der Waals surface area (Å²) in [6, 6.07) is 9.17. The van der Waals surface area contributed by atoms with Crippen molar-refractivity contribution in [2.24, 2.45) is 5.73 Å². The number of benzene rings is 2. The van der Waals surface area contributed by atoms with Crippen LogP contribution in [0, 0.1) is 5.41 Å². The minimum Gasteiger partial charge on any atom is -0.384 e. The number of amidine groups is 1. The maximum atomic E-state index is 14.9. The third-order valence-electron chi connectivity index (χ3n) is 7.48. The van der Waals surface area contributed by atoms with Gasteiger partial charge in [0.25, 0.3) is 11.8 Å². The van der Waals surface area contributed by atoms with Gasteiger partial charge in [0.1, 0.15) is 11.9 Å². The van der Waals surface area contributed by atoms with Gasteiger partial charge in [-0.3, -0.25) is 24.5 Å². The number of fused-ring (bicyclic) bond motifs is 3. The summed E-state index contributed by atoms with van der Waals surface area (Å²) in [5, 5.41) is 14.2. The standard InChI is InChI=1S/C29H26F5N5O4S/c1-14(23-9-16(13-44-23)25(35)36)38-27(42)22-10-17(43-29(32,33)34)12-39(22)24(40)11-37-26(41)15-6-7-21-19(8-15)18-4-2-3-5-20(18)28(21,30)31/h2-9,13-14,17,22H,10-12H2,1H3,(H3,35,36)(H,37,41)(H,38,42)/t14-,17-,22+/m1/s1. The summed E-state index contributed by atoms with van der Waals surface area (Å²) in [4.78, 5) is 40.8. The lowest BCUT2D eigenvalue weighted by atomic mass is 10.0. The summed E-state index contributed by atoms with van der Waals surface area (Å²) in [6.07, 6.45) is -6.97. The molecule has 232 valence electrons. The molecule has 9 nitrogen and oxygen atoms in total. The number of alkyl halides is 5. The van der Waals surface area contributed by atoms with Gasteiger partial charge in [-0.25, -0.2) is 0 Å². The lowest BCUT2D eigenvalue weighted by Crippen LogP contribution is -2.49. The van der Waals surface area contributed by atoms with Gasteiger partial charge in [0, 0.05) is 45.5 Å². The number of ether oxygens (including phenoxy) is 1. The Morgan fingerprint density at radius 2 is 1.82 bits per heavy atom. The largest absolute Gasteiger partial charge is 0.522 e. The Morgan fingerprint density at radius 1 is 1.11 bits per heavy atom. The Hall–Kier alpha value is -4.37. The van der Waals surface area contributed by atoms with Crippen LogP contribution in [0.2, 0.25) is 0 Å². The summed E-state index contributed by atoms with van der Waals surface area (Å²) < 4.78 is 72.8. The van der Waals surface area contributed by atoms with Crippen LogP contribution in [0.4, 0.5) is 22.0 Å². The average molecular weight is 636 g/mol. The fourth-order valence-electron chi connectivity index (χ4n) is 5.38. The molecule has 3 amide bonds. The van der Waals surface area contributed by atoms with E-state index in [4.69, 9.17) is 11.1 Å². The third kappa shape index (κ3) is 6.15. The maximum Gasteiger partial charge on any atom is 0.522 e. The lowest BCUT2D eigenvalue weighted by molar-refractivity contribution is -0.340. The molecular formula is C29H26F5N5O4S. The number of nitrogens with two attached hydrogens (primary N) is 1. The maximum absolute atomic E-state index is 14.9. The first-order valence-electron chi connectivity index (χ1n) is 13.3. The normalized spacial score (nSPS) is 19.2. The van der Waals surface area contributed by atoms with Gasteiger partial charge in [0.2, 0.25) is 11.8 Å². The second kappa shape index (κ2) is 11.6. The molecule has 1 saturated heterocycles. The predicted molar refractivity (Wildman–Crippen MR) is 150 cm³/mol. The predicted octanol–water partition coefficient (Wildman–Crippen LogP) is 4.27. The van der Waals surface area contributed by atoms with Crippen LogP contribution in [0.25, 0.3) is 11.1 Å². The summed E-state index contributed by atoms with van der Waals surface area (Å²) in [5.41, 5.74) is 5.91. The molecule has 2 aliphatic rings. The van der Waals surface area contributed by atoms with Crippen molar-refractivity contribution < 1.29 is 41.1 Å². The molecule has 1 fully saturated rings. The third-order valence-corrected chi connectivity index (χ3v) is 8.59. The van der Waals surface area contributed by atoms with Crippen LogP contribution < -0.4 is 16.4 Å². The molecule has 2 aromatic carbocycles.